The van der Waals surface area contributed by atoms with Crippen molar-refractivity contribution in [2.24, 2.45) is 7.05 Å². The molecule has 1 aromatic heterocycles. The molecule has 10 heteroatoms. The number of carbonyl (C=O) groups excluding carboxylic acids is 2. The number of aryl methyl sites for hydroxylation is 1. The summed E-state index contributed by atoms with van der Waals surface area (Å²) in [6, 6.07) is 2.80. The summed E-state index contributed by atoms with van der Waals surface area (Å²) in [5, 5.41) is 24.5. The number of nitrogens with one attached hydrogen (secondary N) is 1. The molecular weight excluding hydrogens is 344 g/mol. The van der Waals surface area contributed by atoms with E-state index in [1.165, 1.54) is 18.2 Å². The highest BCUT2D eigenvalue weighted by Gasteiger charge is 2.22. The number of fused-ring (bicyclic) bond motifs is 1. The van der Waals surface area contributed by atoms with Crippen LogP contribution in [0.2, 0.25) is 0 Å². The molecule has 1 aromatic carbocycles. The third kappa shape index (κ3) is 4.47. The predicted octanol–water partition coefficient (Wildman–Crippen LogP) is 0.667. The highest BCUT2D eigenvalue weighted by atomic mass is 16.6. The fourth-order valence-corrected chi connectivity index (χ4v) is 2.36. The number of aromatic nitrogens is 2. The van der Waals surface area contributed by atoms with Gasteiger partial charge < -0.3 is 24.5 Å². The number of hydrogen-bond donors (Lipinski definition) is 1. The van der Waals surface area contributed by atoms with Crippen molar-refractivity contribution in [3.8, 4) is 0 Å². The van der Waals surface area contributed by atoms with E-state index in [0.717, 1.165) is 0 Å². The van der Waals surface area contributed by atoms with Crippen molar-refractivity contribution < 1.29 is 24.4 Å². The van der Waals surface area contributed by atoms with Crippen LogP contribution in [0.3, 0.4) is 0 Å². The number of ether oxygens (including phenoxy) is 1. The second-order valence-corrected chi connectivity index (χ2v) is 6.74. The number of amides is 1. The van der Waals surface area contributed by atoms with Crippen molar-refractivity contribution in [2.45, 2.75) is 38.8 Å². The number of rotatable bonds is 5. The van der Waals surface area contributed by atoms with Gasteiger partial charge in [0.1, 0.15) is 11.4 Å². The van der Waals surface area contributed by atoms with Crippen LogP contribution in [0.4, 0.5) is 10.5 Å². The first-order chi connectivity index (χ1) is 12.0. The number of nitrogens with zero attached hydrogens (tertiary/aromatic N) is 3. The second kappa shape index (κ2) is 6.98. The van der Waals surface area contributed by atoms with Crippen LogP contribution in [0.25, 0.3) is 11.0 Å². The summed E-state index contributed by atoms with van der Waals surface area (Å²) in [5.74, 6) is -1.17. The number of carbonyl (C=O) groups is 2. The third-order valence-electron chi connectivity index (χ3n) is 3.53. The number of nitro benzene ring substituents is 1. The Bertz CT molecular complexity index is 867. The number of imidazole rings is 1. The van der Waals surface area contributed by atoms with Crippen molar-refractivity contribution in [1.82, 2.24) is 14.9 Å². The normalized spacial score (nSPS) is 12.6. The monoisotopic (exact) mass is 363 g/mol. The summed E-state index contributed by atoms with van der Waals surface area (Å²) >= 11 is 0. The fourth-order valence-electron chi connectivity index (χ4n) is 2.36. The number of carboxylic acid groups (broad SMARTS) is 1. The molecule has 1 heterocycles. The summed E-state index contributed by atoms with van der Waals surface area (Å²) < 4.78 is 6.65. The highest BCUT2D eigenvalue weighted by molar-refractivity contribution is 5.80. The molecule has 0 unspecified atom stereocenters. The first-order valence-corrected chi connectivity index (χ1v) is 7.78. The zero-order chi connectivity index (χ0) is 19.6. The smallest absolute Gasteiger partial charge is 0.408 e. The number of aliphatic carboxylic acids is 1. The Balaban J connectivity index is 2.25. The van der Waals surface area contributed by atoms with Gasteiger partial charge in [-0.2, -0.15) is 0 Å². The van der Waals surface area contributed by atoms with E-state index < -0.39 is 28.6 Å². The Morgan fingerprint density at radius 2 is 2.04 bits per heavy atom. The number of hydrogen-bond acceptors (Lipinski definition) is 7. The molecule has 0 aliphatic carbocycles. The van der Waals surface area contributed by atoms with Gasteiger partial charge in [-0.05, 0) is 26.8 Å². The van der Waals surface area contributed by atoms with Crippen LogP contribution in [0.15, 0.2) is 18.2 Å². The lowest BCUT2D eigenvalue weighted by molar-refractivity contribution is -0.384. The van der Waals surface area contributed by atoms with E-state index in [1.807, 2.05) is 0 Å². The van der Waals surface area contributed by atoms with Gasteiger partial charge in [-0.25, -0.2) is 9.78 Å². The summed E-state index contributed by atoms with van der Waals surface area (Å²) in [7, 11) is 1.65. The molecule has 0 saturated heterocycles. The van der Waals surface area contributed by atoms with E-state index in [4.69, 9.17) is 4.74 Å². The first kappa shape index (κ1) is 19.2. The Kier molecular flexibility index (Phi) is 5.15. The van der Waals surface area contributed by atoms with Gasteiger partial charge in [0.25, 0.3) is 5.69 Å². The summed E-state index contributed by atoms with van der Waals surface area (Å²) in [4.78, 5) is 37.7. The molecule has 1 amide bonds. The molecule has 1 N–H and O–H groups in total. The van der Waals surface area contributed by atoms with Crippen LogP contribution in [0.5, 0.6) is 0 Å². The predicted molar refractivity (Wildman–Crippen MR) is 89.2 cm³/mol. The number of nitro groups is 1. The lowest BCUT2D eigenvalue weighted by Crippen LogP contribution is -2.50. The minimum Gasteiger partial charge on any atom is -0.548 e. The molecule has 140 valence electrons. The van der Waals surface area contributed by atoms with Crippen LogP contribution in [0, 0.1) is 10.1 Å². The number of benzene rings is 1. The van der Waals surface area contributed by atoms with Crippen molar-refractivity contribution in [3.63, 3.8) is 0 Å². The average molecular weight is 363 g/mol. The Morgan fingerprint density at radius 1 is 1.38 bits per heavy atom. The molecular formula is C16H19N4O6-. The van der Waals surface area contributed by atoms with Crippen LogP contribution in [-0.2, 0) is 23.0 Å². The molecule has 0 aliphatic rings. The van der Waals surface area contributed by atoms with E-state index in [2.05, 4.69) is 10.3 Å². The lowest BCUT2D eigenvalue weighted by atomic mass is 10.2. The molecule has 0 fully saturated rings. The Hall–Kier alpha value is -3.17. The van der Waals surface area contributed by atoms with Crippen molar-refractivity contribution in [1.29, 1.82) is 0 Å². The molecule has 10 nitrogen and oxygen atoms in total. The maximum atomic E-state index is 11.8. The summed E-state index contributed by atoms with van der Waals surface area (Å²) in [6.07, 6.45) is -1.05. The van der Waals surface area contributed by atoms with Gasteiger partial charge in [0, 0.05) is 25.6 Å². The van der Waals surface area contributed by atoms with Crippen LogP contribution in [0.1, 0.15) is 26.6 Å². The van der Waals surface area contributed by atoms with Gasteiger partial charge in [-0.3, -0.25) is 10.1 Å². The van der Waals surface area contributed by atoms with Crippen molar-refractivity contribution >= 4 is 28.8 Å². The topological polar surface area (TPSA) is 139 Å². The largest absolute Gasteiger partial charge is 0.548 e. The van der Waals surface area contributed by atoms with Gasteiger partial charge >= 0.3 is 6.09 Å². The minimum atomic E-state index is -1.49. The zero-order valence-electron chi connectivity index (χ0n) is 14.8. The fraction of sp³-hybridized carbons (Fsp3) is 0.438. The SMILES string of the molecule is Cn1c(C[C@H](NC(=O)OC(C)(C)C)C(=O)[O-])nc2cc([N+](=O)[O-])ccc21. The van der Waals surface area contributed by atoms with Crippen LogP contribution < -0.4 is 10.4 Å². The summed E-state index contributed by atoms with van der Waals surface area (Å²) in [5.41, 5.74) is 0.0498. The molecule has 2 aromatic rings. The molecule has 0 spiro atoms. The second-order valence-electron chi connectivity index (χ2n) is 6.74. The first-order valence-electron chi connectivity index (χ1n) is 7.78. The van der Waals surface area contributed by atoms with E-state index >= 15 is 0 Å². The van der Waals surface area contributed by atoms with E-state index in [9.17, 15) is 24.8 Å². The quantitative estimate of drug-likeness (QED) is 0.608. The zero-order valence-corrected chi connectivity index (χ0v) is 14.8. The van der Waals surface area contributed by atoms with Gasteiger partial charge in [0.15, 0.2) is 0 Å². The summed E-state index contributed by atoms with van der Waals surface area (Å²) in [6.45, 7) is 4.96. The van der Waals surface area contributed by atoms with Crippen LogP contribution >= 0.6 is 0 Å². The molecule has 0 aliphatic heterocycles. The van der Waals surface area contributed by atoms with Gasteiger partial charge in [-0.15, -0.1) is 0 Å². The number of non-ortho nitro benzene ring substituents is 1. The van der Waals surface area contributed by atoms with Gasteiger partial charge in [-0.1, -0.05) is 0 Å². The van der Waals surface area contributed by atoms with Crippen molar-refractivity contribution in [2.75, 3.05) is 0 Å². The minimum absolute atomic E-state index is 0.120. The average Bonchev–Trinajstić information content (AvgIpc) is 2.80. The molecule has 26 heavy (non-hydrogen) atoms. The van der Waals surface area contributed by atoms with Gasteiger partial charge in [0.05, 0.1) is 28.0 Å². The van der Waals surface area contributed by atoms with Crippen molar-refractivity contribution in [3.05, 3.63) is 34.1 Å². The maximum absolute atomic E-state index is 11.8. The molecule has 0 saturated carbocycles. The van der Waals surface area contributed by atoms with E-state index in [1.54, 1.807) is 32.4 Å². The lowest BCUT2D eigenvalue weighted by Gasteiger charge is -2.24. The van der Waals surface area contributed by atoms with E-state index in [0.29, 0.717) is 16.9 Å². The number of alkyl carbamates (subject to hydrolysis) is 1. The Labute approximate surface area is 148 Å². The third-order valence-corrected chi connectivity index (χ3v) is 3.53. The highest BCUT2D eigenvalue weighted by Crippen LogP contribution is 2.21. The Morgan fingerprint density at radius 3 is 2.58 bits per heavy atom. The van der Waals surface area contributed by atoms with E-state index in [-0.39, 0.29) is 12.1 Å². The maximum Gasteiger partial charge on any atom is 0.408 e. The molecule has 0 radical (unpaired) electrons. The standard InChI is InChI=1S/C16H20N4O6/c1-16(2,3)26-15(23)18-11(14(21)22)8-13-17-10-7-9(20(24)25)5-6-12(10)19(13)4/h5-7,11H,8H2,1-4H3,(H,18,23)(H,21,22)/p-1/t11-/m0/s1. The number of carboxylic acids is 1. The van der Waals surface area contributed by atoms with Gasteiger partial charge in [0.2, 0.25) is 0 Å². The molecule has 1 atom stereocenters. The molecule has 0 bridgehead atoms. The molecule has 2 rings (SSSR count). The van der Waals surface area contributed by atoms with Crippen LogP contribution in [-0.4, -0.2) is 38.2 Å².